The Labute approximate surface area is 163 Å². The second kappa shape index (κ2) is 10.4. The molecule has 2 aliphatic rings. The smallest absolute Gasteiger partial charge is 0.182 e. The molecule has 1 aromatic rings. The van der Waals surface area contributed by atoms with E-state index >= 15 is 0 Å². The zero-order chi connectivity index (χ0) is 18.9. The van der Waals surface area contributed by atoms with E-state index in [9.17, 15) is 4.79 Å². The number of carbonyl (C=O) groups is 1. The van der Waals surface area contributed by atoms with Crippen LogP contribution in [0.25, 0.3) is 6.08 Å². The van der Waals surface area contributed by atoms with Crippen molar-refractivity contribution in [2.75, 3.05) is 45.9 Å². The maximum absolute atomic E-state index is 12.3. The fourth-order valence-corrected chi connectivity index (χ4v) is 3.73. The van der Waals surface area contributed by atoms with E-state index in [1.165, 1.54) is 45.2 Å². The molecule has 0 aromatic heterocycles. The van der Waals surface area contributed by atoms with Crippen molar-refractivity contribution >= 4 is 11.9 Å². The van der Waals surface area contributed by atoms with Gasteiger partial charge in [-0.15, -0.1) is 0 Å². The van der Waals surface area contributed by atoms with Crippen molar-refractivity contribution in [2.45, 2.75) is 32.1 Å². The summed E-state index contributed by atoms with van der Waals surface area (Å²) in [5.74, 6) is 0.902. The molecule has 2 aliphatic heterocycles. The minimum Gasteiger partial charge on any atom is -0.492 e. The molecule has 0 saturated carbocycles. The number of hydrogen-bond donors (Lipinski definition) is 0. The zero-order valence-electron chi connectivity index (χ0n) is 16.4. The molecule has 0 unspecified atom stereocenters. The topological polar surface area (TPSA) is 32.8 Å². The van der Waals surface area contributed by atoms with Crippen molar-refractivity contribution in [1.29, 1.82) is 0 Å². The third kappa shape index (κ3) is 6.64. The lowest BCUT2D eigenvalue weighted by Crippen LogP contribution is -2.32. The summed E-state index contributed by atoms with van der Waals surface area (Å²) in [5, 5.41) is 0. The van der Waals surface area contributed by atoms with Crippen molar-refractivity contribution in [3.63, 3.8) is 0 Å². The number of nitrogens with zero attached hydrogens (tertiary/aromatic N) is 2. The molecule has 4 nitrogen and oxygen atoms in total. The first-order valence-electron chi connectivity index (χ1n) is 10.3. The molecule has 1 aromatic carbocycles. The molecule has 0 spiro atoms. The van der Waals surface area contributed by atoms with Crippen molar-refractivity contribution in [1.82, 2.24) is 9.80 Å². The summed E-state index contributed by atoms with van der Waals surface area (Å²) in [4.78, 5) is 17.1. The van der Waals surface area contributed by atoms with Crippen LogP contribution in [0.5, 0.6) is 5.75 Å². The molecule has 146 valence electrons. The molecular formula is C23H32N2O2. The lowest BCUT2D eigenvalue weighted by Gasteiger charge is -2.26. The van der Waals surface area contributed by atoms with Crippen LogP contribution in [0, 0.1) is 0 Å². The summed E-state index contributed by atoms with van der Waals surface area (Å²) < 4.78 is 5.82. The van der Waals surface area contributed by atoms with Crippen LogP contribution in [0.3, 0.4) is 0 Å². The Morgan fingerprint density at radius 2 is 1.59 bits per heavy atom. The maximum atomic E-state index is 12.3. The molecule has 2 heterocycles. The van der Waals surface area contributed by atoms with Crippen molar-refractivity contribution in [2.24, 2.45) is 0 Å². The van der Waals surface area contributed by atoms with Gasteiger partial charge in [0, 0.05) is 18.7 Å². The molecule has 4 heteroatoms. The SMILES string of the molecule is C=C(CN1CCCCC1)C(=O)/C=C/c1ccc(OCCN2CCCC2)cc1. The van der Waals surface area contributed by atoms with Crippen LogP contribution in [0.2, 0.25) is 0 Å². The van der Waals surface area contributed by atoms with Gasteiger partial charge in [0.25, 0.3) is 0 Å². The van der Waals surface area contributed by atoms with Gasteiger partial charge in [0.05, 0.1) is 0 Å². The molecule has 0 atom stereocenters. The van der Waals surface area contributed by atoms with Gasteiger partial charge in [-0.25, -0.2) is 0 Å². The lowest BCUT2D eigenvalue weighted by atomic mass is 10.1. The van der Waals surface area contributed by atoms with Crippen molar-refractivity contribution in [3.8, 4) is 5.75 Å². The van der Waals surface area contributed by atoms with E-state index < -0.39 is 0 Å². The van der Waals surface area contributed by atoms with Gasteiger partial charge < -0.3 is 4.74 Å². The van der Waals surface area contributed by atoms with E-state index in [1.807, 2.05) is 30.3 Å². The van der Waals surface area contributed by atoms with Crippen molar-refractivity contribution < 1.29 is 9.53 Å². The number of piperidine rings is 1. The molecular weight excluding hydrogens is 336 g/mol. The molecule has 0 radical (unpaired) electrons. The Bertz CT molecular complexity index is 639. The normalized spacial score (nSPS) is 18.8. The average molecular weight is 369 g/mol. The lowest BCUT2D eigenvalue weighted by molar-refractivity contribution is -0.111. The second-order valence-electron chi connectivity index (χ2n) is 7.60. The number of allylic oxidation sites excluding steroid dienone is 1. The average Bonchev–Trinajstić information content (AvgIpc) is 3.21. The van der Waals surface area contributed by atoms with E-state index in [-0.39, 0.29) is 5.78 Å². The highest BCUT2D eigenvalue weighted by Crippen LogP contribution is 2.15. The summed E-state index contributed by atoms with van der Waals surface area (Å²) in [6.07, 6.45) is 9.87. The summed E-state index contributed by atoms with van der Waals surface area (Å²) >= 11 is 0. The third-order valence-corrected chi connectivity index (χ3v) is 5.39. The van der Waals surface area contributed by atoms with Crippen LogP contribution in [0.4, 0.5) is 0 Å². The van der Waals surface area contributed by atoms with E-state index in [4.69, 9.17) is 4.74 Å². The van der Waals surface area contributed by atoms with Gasteiger partial charge in [-0.2, -0.15) is 0 Å². The number of rotatable bonds is 9. The predicted molar refractivity (Wildman–Crippen MR) is 111 cm³/mol. The molecule has 0 aliphatic carbocycles. The summed E-state index contributed by atoms with van der Waals surface area (Å²) in [6.45, 7) is 10.9. The molecule has 2 fully saturated rings. The number of likely N-dealkylation sites (tertiary alicyclic amines) is 2. The fraction of sp³-hybridized carbons (Fsp3) is 0.522. The highest BCUT2D eigenvalue weighted by atomic mass is 16.5. The number of ether oxygens (including phenoxy) is 1. The van der Waals surface area contributed by atoms with Gasteiger partial charge in [-0.3, -0.25) is 14.6 Å². The van der Waals surface area contributed by atoms with E-state index in [2.05, 4.69) is 16.4 Å². The number of hydrogen-bond acceptors (Lipinski definition) is 4. The molecule has 0 bridgehead atoms. The van der Waals surface area contributed by atoms with Crippen LogP contribution in [-0.4, -0.2) is 61.5 Å². The van der Waals surface area contributed by atoms with Crippen LogP contribution < -0.4 is 4.74 Å². The van der Waals surface area contributed by atoms with Gasteiger partial charge in [0.2, 0.25) is 0 Å². The van der Waals surface area contributed by atoms with E-state index in [0.717, 1.165) is 37.6 Å². The number of benzene rings is 1. The summed E-state index contributed by atoms with van der Waals surface area (Å²) in [6, 6.07) is 7.91. The Kier molecular flexibility index (Phi) is 7.66. The second-order valence-corrected chi connectivity index (χ2v) is 7.60. The molecule has 0 N–H and O–H groups in total. The van der Waals surface area contributed by atoms with E-state index in [1.54, 1.807) is 6.08 Å². The summed E-state index contributed by atoms with van der Waals surface area (Å²) in [7, 11) is 0. The number of ketones is 1. The van der Waals surface area contributed by atoms with E-state index in [0.29, 0.717) is 12.1 Å². The molecule has 0 amide bonds. The van der Waals surface area contributed by atoms with Crippen LogP contribution >= 0.6 is 0 Å². The van der Waals surface area contributed by atoms with Crippen LogP contribution in [-0.2, 0) is 4.79 Å². The Morgan fingerprint density at radius 3 is 2.30 bits per heavy atom. The van der Waals surface area contributed by atoms with Gasteiger partial charge in [-0.05, 0) is 75.6 Å². The first kappa shape index (κ1) is 19.8. The Hall–Kier alpha value is -1.91. The first-order chi connectivity index (χ1) is 13.2. The first-order valence-corrected chi connectivity index (χ1v) is 10.3. The largest absolute Gasteiger partial charge is 0.492 e. The third-order valence-electron chi connectivity index (χ3n) is 5.39. The molecule has 2 saturated heterocycles. The Balaban J connectivity index is 1.41. The minimum absolute atomic E-state index is 0.0199. The zero-order valence-corrected chi connectivity index (χ0v) is 16.4. The van der Waals surface area contributed by atoms with Gasteiger partial charge in [0.1, 0.15) is 12.4 Å². The fourth-order valence-electron chi connectivity index (χ4n) is 3.73. The highest BCUT2D eigenvalue weighted by Gasteiger charge is 2.13. The van der Waals surface area contributed by atoms with Crippen LogP contribution in [0.15, 0.2) is 42.5 Å². The monoisotopic (exact) mass is 368 g/mol. The predicted octanol–water partition coefficient (Wildman–Crippen LogP) is 3.79. The minimum atomic E-state index is 0.0199. The van der Waals surface area contributed by atoms with Gasteiger partial charge >= 0.3 is 0 Å². The van der Waals surface area contributed by atoms with Crippen molar-refractivity contribution in [3.05, 3.63) is 48.1 Å². The quantitative estimate of drug-likeness (QED) is 0.621. The highest BCUT2D eigenvalue weighted by molar-refractivity contribution is 6.06. The van der Waals surface area contributed by atoms with Gasteiger partial charge in [0.15, 0.2) is 5.78 Å². The van der Waals surface area contributed by atoms with Gasteiger partial charge in [-0.1, -0.05) is 31.2 Å². The molecule has 27 heavy (non-hydrogen) atoms. The summed E-state index contributed by atoms with van der Waals surface area (Å²) in [5.41, 5.74) is 1.68. The maximum Gasteiger partial charge on any atom is 0.182 e. The van der Waals surface area contributed by atoms with Crippen LogP contribution in [0.1, 0.15) is 37.7 Å². The number of carbonyl (C=O) groups excluding carboxylic acids is 1. The molecule has 3 rings (SSSR count). The standard InChI is InChI=1S/C23H32N2O2/c1-20(19-25-15-3-2-4-16-25)23(26)12-9-21-7-10-22(11-8-21)27-18-17-24-13-5-6-14-24/h7-12H,1-6,13-19H2/b12-9+. The Morgan fingerprint density at radius 1 is 0.963 bits per heavy atom.